The van der Waals surface area contributed by atoms with Gasteiger partial charge in [0.15, 0.2) is 16.2 Å². The van der Waals surface area contributed by atoms with E-state index in [2.05, 4.69) is 19.7 Å². The molecule has 10 heteroatoms. The summed E-state index contributed by atoms with van der Waals surface area (Å²) in [7, 11) is 0. The molecule has 17 heavy (non-hydrogen) atoms. The first kappa shape index (κ1) is 12.1. The maximum absolute atomic E-state index is 10.4. The number of hydrogen-bond acceptors (Lipinski definition) is 5. The summed E-state index contributed by atoms with van der Waals surface area (Å²) >= 11 is 3.07. The first-order chi connectivity index (χ1) is 8.09. The van der Waals surface area contributed by atoms with E-state index < -0.39 is 11.3 Å². The van der Waals surface area contributed by atoms with E-state index in [1.165, 1.54) is 6.33 Å². The lowest BCUT2D eigenvalue weighted by atomic mass is 10.5. The number of imidazole rings is 1. The van der Waals surface area contributed by atoms with E-state index >= 15 is 0 Å². The van der Waals surface area contributed by atoms with Crippen molar-refractivity contribution in [2.45, 2.75) is 6.54 Å². The van der Waals surface area contributed by atoms with Crippen molar-refractivity contribution < 1.29 is 8.76 Å². The summed E-state index contributed by atoms with van der Waals surface area (Å²) in [5.74, 6) is 0.318. The normalized spacial score (nSPS) is 13.0. The molecule has 0 fully saturated rings. The van der Waals surface area contributed by atoms with Crippen molar-refractivity contribution in [1.82, 2.24) is 24.2 Å². The second-order valence-electron chi connectivity index (χ2n) is 3.18. The van der Waals surface area contributed by atoms with Crippen molar-refractivity contribution in [3.05, 3.63) is 11.1 Å². The van der Waals surface area contributed by atoms with Crippen molar-refractivity contribution in [2.24, 2.45) is 0 Å². The molecule has 92 valence electrons. The van der Waals surface area contributed by atoms with E-state index in [0.717, 1.165) is 0 Å². The number of nitrogen functional groups attached to an aromatic ring is 1. The second kappa shape index (κ2) is 4.87. The van der Waals surface area contributed by atoms with Crippen molar-refractivity contribution in [1.29, 1.82) is 0 Å². The van der Waals surface area contributed by atoms with E-state index in [1.54, 1.807) is 4.57 Å². The highest BCUT2D eigenvalue weighted by atomic mass is 32.2. The fourth-order valence-electron chi connectivity index (χ4n) is 1.44. The van der Waals surface area contributed by atoms with Crippen molar-refractivity contribution in [3.63, 3.8) is 0 Å². The van der Waals surface area contributed by atoms with Crippen LogP contribution >= 0.6 is 12.2 Å². The average molecular weight is 274 g/mol. The Kier molecular flexibility index (Phi) is 3.47. The van der Waals surface area contributed by atoms with Crippen LogP contribution in [0.3, 0.4) is 0 Å². The molecular weight excluding hydrogens is 264 g/mol. The van der Waals surface area contributed by atoms with Crippen LogP contribution in [0.15, 0.2) is 6.33 Å². The summed E-state index contributed by atoms with van der Waals surface area (Å²) in [5, 5.41) is 0. The molecule has 0 radical (unpaired) electrons. The van der Waals surface area contributed by atoms with Crippen molar-refractivity contribution >= 4 is 40.5 Å². The van der Waals surface area contributed by atoms with Crippen LogP contribution in [0.1, 0.15) is 0 Å². The number of nitrogens with one attached hydrogen (secondary N) is 2. The van der Waals surface area contributed by atoms with Gasteiger partial charge in [0.25, 0.3) is 0 Å². The first-order valence-corrected chi connectivity index (χ1v) is 6.14. The quantitative estimate of drug-likeness (QED) is 0.452. The summed E-state index contributed by atoms with van der Waals surface area (Å²) in [6.07, 6.45) is 1.34. The Hall–Kier alpha value is -1.36. The van der Waals surface area contributed by atoms with Gasteiger partial charge in [-0.15, -0.1) is 0 Å². The van der Waals surface area contributed by atoms with Gasteiger partial charge in [-0.1, -0.05) is 0 Å². The SMILES string of the molecule is Nc1ncnc2c1[nH]c(=S)n2CCNS(=O)O. The number of anilines is 1. The summed E-state index contributed by atoms with van der Waals surface area (Å²) < 4.78 is 23.5. The minimum Gasteiger partial charge on any atom is -0.382 e. The topological polar surface area (TPSA) is 122 Å². The third-order valence-corrected chi connectivity index (χ3v) is 2.92. The molecule has 2 rings (SSSR count). The summed E-state index contributed by atoms with van der Waals surface area (Å²) in [6.45, 7) is 0.690. The van der Waals surface area contributed by atoms with Crippen LogP contribution in [0.4, 0.5) is 5.82 Å². The summed E-state index contributed by atoms with van der Waals surface area (Å²) in [6, 6.07) is 0. The fourth-order valence-corrected chi connectivity index (χ4v) is 1.98. The molecule has 0 aliphatic heterocycles. The predicted molar refractivity (Wildman–Crippen MR) is 65.9 cm³/mol. The molecule has 8 nitrogen and oxygen atoms in total. The summed E-state index contributed by atoms with van der Waals surface area (Å²) in [4.78, 5) is 10.8. The molecule has 0 aliphatic rings. The Labute approximate surface area is 104 Å². The lowest BCUT2D eigenvalue weighted by molar-refractivity contribution is 0.542. The molecule has 0 aliphatic carbocycles. The monoisotopic (exact) mass is 274 g/mol. The molecule has 1 atom stereocenters. The van der Waals surface area contributed by atoms with Crippen LogP contribution in [0.2, 0.25) is 0 Å². The maximum atomic E-state index is 10.4. The minimum absolute atomic E-state index is 0.286. The zero-order valence-corrected chi connectivity index (χ0v) is 10.2. The highest BCUT2D eigenvalue weighted by molar-refractivity contribution is 7.77. The number of aromatic nitrogens is 4. The van der Waals surface area contributed by atoms with Crippen LogP contribution < -0.4 is 10.5 Å². The average Bonchev–Trinajstić information content (AvgIpc) is 2.57. The van der Waals surface area contributed by atoms with Gasteiger partial charge in [0.2, 0.25) is 11.3 Å². The molecule has 1 unspecified atom stereocenters. The van der Waals surface area contributed by atoms with E-state index in [9.17, 15) is 4.21 Å². The largest absolute Gasteiger partial charge is 0.382 e. The molecule has 0 saturated carbocycles. The Morgan fingerprint density at radius 1 is 1.65 bits per heavy atom. The predicted octanol–water partition coefficient (Wildman–Crippen LogP) is -0.203. The van der Waals surface area contributed by atoms with E-state index in [1.807, 2.05) is 0 Å². The van der Waals surface area contributed by atoms with Gasteiger partial charge in [-0.2, -0.15) is 0 Å². The van der Waals surface area contributed by atoms with Gasteiger partial charge in [0, 0.05) is 13.1 Å². The number of nitrogens with zero attached hydrogens (tertiary/aromatic N) is 3. The van der Waals surface area contributed by atoms with Crippen LogP contribution in [0.5, 0.6) is 0 Å². The zero-order chi connectivity index (χ0) is 12.4. The highest BCUT2D eigenvalue weighted by Crippen LogP contribution is 2.14. The summed E-state index contributed by atoms with van der Waals surface area (Å²) in [5.41, 5.74) is 6.82. The smallest absolute Gasteiger partial charge is 0.231 e. The Bertz CT molecular complexity index is 620. The van der Waals surface area contributed by atoms with Gasteiger partial charge in [-0.25, -0.2) is 18.9 Å². The molecule has 0 amide bonds. The van der Waals surface area contributed by atoms with E-state index in [-0.39, 0.29) is 6.54 Å². The van der Waals surface area contributed by atoms with Gasteiger partial charge >= 0.3 is 0 Å². The van der Waals surface area contributed by atoms with E-state index in [0.29, 0.717) is 28.3 Å². The molecule has 2 aromatic rings. The number of fused-ring (bicyclic) bond motifs is 1. The van der Waals surface area contributed by atoms with Gasteiger partial charge < -0.3 is 15.3 Å². The number of hydrogen-bond donors (Lipinski definition) is 4. The van der Waals surface area contributed by atoms with Gasteiger partial charge in [-0.3, -0.25) is 4.55 Å². The molecule has 0 bridgehead atoms. The molecular formula is C7H10N6O2S2. The van der Waals surface area contributed by atoms with Crippen LogP contribution in [-0.2, 0) is 17.8 Å². The minimum atomic E-state index is -2.04. The molecule has 2 aromatic heterocycles. The highest BCUT2D eigenvalue weighted by Gasteiger charge is 2.08. The third-order valence-electron chi connectivity index (χ3n) is 2.15. The Balaban J connectivity index is 2.34. The number of H-pyrrole nitrogens is 1. The van der Waals surface area contributed by atoms with Crippen molar-refractivity contribution in [2.75, 3.05) is 12.3 Å². The molecule has 0 spiro atoms. The second-order valence-corrected chi connectivity index (χ2v) is 4.36. The Morgan fingerprint density at radius 3 is 3.12 bits per heavy atom. The van der Waals surface area contributed by atoms with Gasteiger partial charge in [0.05, 0.1) is 0 Å². The third kappa shape index (κ3) is 2.49. The molecule has 0 saturated heterocycles. The van der Waals surface area contributed by atoms with Gasteiger partial charge in [-0.05, 0) is 12.2 Å². The van der Waals surface area contributed by atoms with Crippen LogP contribution in [0, 0.1) is 4.77 Å². The number of aromatic amines is 1. The Morgan fingerprint density at radius 2 is 2.41 bits per heavy atom. The molecule has 2 heterocycles. The lowest BCUT2D eigenvalue weighted by Crippen LogP contribution is -2.21. The first-order valence-electron chi connectivity index (χ1n) is 4.63. The number of rotatable bonds is 4. The van der Waals surface area contributed by atoms with Crippen LogP contribution in [0.25, 0.3) is 11.2 Å². The lowest BCUT2D eigenvalue weighted by Gasteiger charge is -2.03. The molecule has 0 aromatic carbocycles. The molecule has 5 N–H and O–H groups in total. The maximum Gasteiger partial charge on any atom is 0.231 e. The zero-order valence-electron chi connectivity index (χ0n) is 8.58. The van der Waals surface area contributed by atoms with Crippen molar-refractivity contribution in [3.8, 4) is 0 Å². The standard InChI is InChI=1S/C7H10N6O2S2/c8-5-4-6(10-3-9-5)13(7(16)12-4)2-1-11-17(14)15/h3,11H,1-2H2,(H,12,16)(H,14,15)(H2,8,9,10). The van der Waals surface area contributed by atoms with Crippen LogP contribution in [-0.4, -0.2) is 34.8 Å². The number of nitrogens with two attached hydrogens (primary N) is 1. The fraction of sp³-hybridized carbons (Fsp3) is 0.286. The van der Waals surface area contributed by atoms with E-state index in [4.69, 9.17) is 22.5 Å². The van der Waals surface area contributed by atoms with Gasteiger partial charge in [0.1, 0.15) is 11.8 Å².